The summed E-state index contributed by atoms with van der Waals surface area (Å²) in [6.07, 6.45) is 3.96. The molecule has 1 heterocycles. The van der Waals surface area contributed by atoms with Crippen molar-refractivity contribution >= 4 is 0 Å². The summed E-state index contributed by atoms with van der Waals surface area (Å²) in [7, 11) is 0. The van der Waals surface area contributed by atoms with E-state index >= 15 is 0 Å². The molecule has 0 radical (unpaired) electrons. The molecular weight excluding hydrogens is 294 g/mol. The highest BCUT2D eigenvalue weighted by atomic mass is 19.3. The van der Waals surface area contributed by atoms with Crippen LogP contribution in [0.15, 0.2) is 29.1 Å². The minimum Gasteiger partial charge on any atom is -0.487 e. The zero-order chi connectivity index (χ0) is 15.5. The molecule has 1 fully saturated rings. The zero-order valence-electron chi connectivity index (χ0n) is 11.8. The summed E-state index contributed by atoms with van der Waals surface area (Å²) in [5.74, 6) is 0.273. The Morgan fingerprint density at radius 2 is 1.86 bits per heavy atom. The molecule has 22 heavy (non-hydrogen) atoms. The lowest BCUT2D eigenvalue weighted by Crippen LogP contribution is -2.13. The van der Waals surface area contributed by atoms with Gasteiger partial charge >= 0.3 is 6.61 Å². The first-order chi connectivity index (χ1) is 10.6. The summed E-state index contributed by atoms with van der Waals surface area (Å²) < 4.78 is 35.4. The predicted octanol–water partition coefficient (Wildman–Crippen LogP) is 3.29. The van der Waals surface area contributed by atoms with Gasteiger partial charge in [0, 0.05) is 11.6 Å². The topological polar surface area (TPSA) is 67.1 Å². The number of aromatic amines is 2. The lowest BCUT2D eigenvalue weighted by Gasteiger charge is -2.17. The maximum absolute atomic E-state index is 12.5. The van der Waals surface area contributed by atoms with Crippen LogP contribution in [0.2, 0.25) is 0 Å². The van der Waals surface area contributed by atoms with Gasteiger partial charge in [0.25, 0.3) is 5.56 Å². The van der Waals surface area contributed by atoms with E-state index in [9.17, 15) is 13.6 Å². The lowest BCUT2D eigenvalue weighted by molar-refractivity contribution is -0.0520. The second-order valence-electron chi connectivity index (χ2n) is 5.24. The molecule has 1 saturated carbocycles. The van der Waals surface area contributed by atoms with Crippen LogP contribution in [0.3, 0.4) is 0 Å². The van der Waals surface area contributed by atoms with Crippen LogP contribution < -0.4 is 15.0 Å². The quantitative estimate of drug-likeness (QED) is 0.890. The number of ether oxygens (including phenoxy) is 2. The van der Waals surface area contributed by atoms with E-state index in [2.05, 4.69) is 14.9 Å². The number of rotatable bonds is 5. The van der Waals surface area contributed by atoms with Crippen LogP contribution in [0, 0.1) is 0 Å². The van der Waals surface area contributed by atoms with Crippen molar-refractivity contribution in [3.05, 3.63) is 34.6 Å². The van der Waals surface area contributed by atoms with E-state index in [-0.39, 0.29) is 23.2 Å². The molecule has 1 aliphatic carbocycles. The Morgan fingerprint density at radius 3 is 2.50 bits per heavy atom. The van der Waals surface area contributed by atoms with E-state index in [1.807, 2.05) is 0 Å². The molecule has 2 N–H and O–H groups in total. The molecule has 2 aromatic rings. The molecule has 0 atom stereocenters. The molecule has 5 nitrogen and oxygen atoms in total. The van der Waals surface area contributed by atoms with Crippen LogP contribution in [0.1, 0.15) is 25.7 Å². The van der Waals surface area contributed by atoms with Crippen molar-refractivity contribution in [1.82, 2.24) is 10.2 Å². The Labute approximate surface area is 125 Å². The number of benzene rings is 1. The van der Waals surface area contributed by atoms with Crippen molar-refractivity contribution in [2.45, 2.75) is 38.4 Å². The van der Waals surface area contributed by atoms with E-state index in [0.717, 1.165) is 25.7 Å². The van der Waals surface area contributed by atoms with Crippen LogP contribution in [0.5, 0.6) is 11.5 Å². The van der Waals surface area contributed by atoms with Crippen molar-refractivity contribution in [2.24, 2.45) is 0 Å². The molecular formula is C15H16F2N2O3. The summed E-state index contributed by atoms with van der Waals surface area (Å²) in [4.78, 5) is 11.2. The number of hydrogen-bond donors (Lipinski definition) is 2. The fraction of sp³-hybridized carbons (Fsp3) is 0.400. The van der Waals surface area contributed by atoms with E-state index < -0.39 is 6.61 Å². The van der Waals surface area contributed by atoms with E-state index in [1.54, 1.807) is 12.1 Å². The largest absolute Gasteiger partial charge is 0.487 e. The Morgan fingerprint density at radius 1 is 1.09 bits per heavy atom. The van der Waals surface area contributed by atoms with Gasteiger partial charge in [0.1, 0.15) is 0 Å². The zero-order valence-corrected chi connectivity index (χ0v) is 11.8. The molecule has 1 aromatic carbocycles. The molecule has 0 aliphatic heterocycles. The van der Waals surface area contributed by atoms with Crippen LogP contribution in [0.25, 0.3) is 11.3 Å². The third-order valence-electron chi connectivity index (χ3n) is 3.66. The molecule has 0 unspecified atom stereocenters. The summed E-state index contributed by atoms with van der Waals surface area (Å²) in [5.41, 5.74) is 0.957. The SMILES string of the molecule is O=c1cc(-c2ccc(OC(F)F)c(OC3CCCC3)c2)[nH][nH]1. The van der Waals surface area contributed by atoms with Crippen molar-refractivity contribution in [3.8, 4) is 22.8 Å². The number of hydrogen-bond acceptors (Lipinski definition) is 3. The molecule has 0 amide bonds. The third-order valence-corrected chi connectivity index (χ3v) is 3.66. The smallest absolute Gasteiger partial charge is 0.387 e. The molecule has 1 aromatic heterocycles. The van der Waals surface area contributed by atoms with Crippen LogP contribution in [-0.2, 0) is 0 Å². The first-order valence-electron chi connectivity index (χ1n) is 7.15. The van der Waals surface area contributed by atoms with Gasteiger partial charge in [0.2, 0.25) is 0 Å². The highest BCUT2D eigenvalue weighted by Crippen LogP contribution is 2.35. The van der Waals surface area contributed by atoms with E-state index in [0.29, 0.717) is 11.3 Å². The average molecular weight is 310 g/mol. The van der Waals surface area contributed by atoms with Gasteiger partial charge in [0.15, 0.2) is 11.5 Å². The predicted molar refractivity (Wildman–Crippen MR) is 76.4 cm³/mol. The standard InChI is InChI=1S/C15H16F2N2O3/c16-15(17)22-12-6-5-9(11-8-14(20)19-18-11)7-13(12)21-10-3-1-2-4-10/h5-8,10,15H,1-4H2,(H2,18,19,20). The van der Waals surface area contributed by atoms with Crippen molar-refractivity contribution in [1.29, 1.82) is 0 Å². The van der Waals surface area contributed by atoms with Gasteiger partial charge in [-0.15, -0.1) is 0 Å². The normalized spacial score (nSPS) is 15.4. The Balaban J connectivity index is 1.91. The highest BCUT2D eigenvalue weighted by molar-refractivity contribution is 5.63. The van der Waals surface area contributed by atoms with Gasteiger partial charge in [-0.25, -0.2) is 0 Å². The summed E-state index contributed by atoms with van der Waals surface area (Å²) in [5, 5.41) is 5.15. The van der Waals surface area contributed by atoms with Crippen molar-refractivity contribution in [3.63, 3.8) is 0 Å². The third kappa shape index (κ3) is 3.29. The summed E-state index contributed by atoms with van der Waals surface area (Å²) in [6.45, 7) is -2.91. The molecule has 1 aliphatic rings. The second kappa shape index (κ2) is 6.21. The number of aromatic nitrogens is 2. The van der Waals surface area contributed by atoms with Crippen LogP contribution in [0.4, 0.5) is 8.78 Å². The number of H-pyrrole nitrogens is 2. The maximum Gasteiger partial charge on any atom is 0.387 e. The van der Waals surface area contributed by atoms with Crippen molar-refractivity contribution in [2.75, 3.05) is 0 Å². The fourth-order valence-electron chi connectivity index (χ4n) is 2.63. The van der Waals surface area contributed by atoms with Gasteiger partial charge in [-0.3, -0.25) is 15.0 Å². The molecule has 118 valence electrons. The van der Waals surface area contributed by atoms with E-state index in [4.69, 9.17) is 4.74 Å². The summed E-state index contributed by atoms with van der Waals surface area (Å²) in [6, 6.07) is 6.02. The maximum atomic E-state index is 12.5. The number of nitrogens with one attached hydrogen (secondary N) is 2. The molecule has 3 rings (SSSR count). The van der Waals surface area contributed by atoms with Crippen molar-refractivity contribution < 1.29 is 18.3 Å². The molecule has 0 saturated heterocycles. The number of alkyl halides is 2. The monoisotopic (exact) mass is 310 g/mol. The fourth-order valence-corrected chi connectivity index (χ4v) is 2.63. The Kier molecular flexibility index (Phi) is 4.13. The number of halogens is 2. The first-order valence-corrected chi connectivity index (χ1v) is 7.15. The van der Waals surface area contributed by atoms with Crippen LogP contribution in [-0.4, -0.2) is 22.9 Å². The lowest BCUT2D eigenvalue weighted by atomic mass is 10.1. The molecule has 0 spiro atoms. The molecule has 7 heteroatoms. The average Bonchev–Trinajstić information content (AvgIpc) is 3.12. The van der Waals surface area contributed by atoms with Gasteiger partial charge in [-0.05, 0) is 43.9 Å². The van der Waals surface area contributed by atoms with Gasteiger partial charge in [-0.1, -0.05) is 0 Å². The second-order valence-corrected chi connectivity index (χ2v) is 5.24. The first kappa shape index (κ1) is 14.6. The van der Waals surface area contributed by atoms with E-state index in [1.165, 1.54) is 12.1 Å². The highest BCUT2D eigenvalue weighted by Gasteiger charge is 2.20. The Bertz CT molecular complexity index is 690. The van der Waals surface area contributed by atoms with Gasteiger partial charge < -0.3 is 9.47 Å². The summed E-state index contributed by atoms with van der Waals surface area (Å²) >= 11 is 0. The van der Waals surface area contributed by atoms with Gasteiger partial charge in [0.05, 0.1) is 11.8 Å². The molecule has 0 bridgehead atoms. The Hall–Kier alpha value is -2.31. The minimum atomic E-state index is -2.91. The van der Waals surface area contributed by atoms with Crippen LogP contribution >= 0.6 is 0 Å². The van der Waals surface area contributed by atoms with Gasteiger partial charge in [-0.2, -0.15) is 8.78 Å². The minimum absolute atomic E-state index is 0.00327.